The fourth-order valence-electron chi connectivity index (χ4n) is 2.19. The molecular formula is C11H19N2OP. The van der Waals surface area contributed by atoms with Gasteiger partial charge in [0.25, 0.3) is 0 Å². The molecule has 0 radical (unpaired) electrons. The molecule has 0 aromatic carbocycles. The Morgan fingerprint density at radius 2 is 1.80 bits per heavy atom. The van der Waals surface area contributed by atoms with Crippen molar-refractivity contribution in [1.29, 1.82) is 0 Å². The average molecular weight is 226 g/mol. The standard InChI is InChI=1S/C11H19N2OP/c1-12-8-11(13(2)3)15(14,9-4-5-9)10-6-7-10/h8-10H,1,4-7H2,2-3H3/b11-8+. The van der Waals surface area contributed by atoms with Gasteiger partial charge in [-0.3, -0.25) is 4.99 Å². The predicted octanol–water partition coefficient (Wildman–Crippen LogP) is 2.74. The van der Waals surface area contributed by atoms with Crippen molar-refractivity contribution in [3.8, 4) is 0 Å². The van der Waals surface area contributed by atoms with Crippen molar-refractivity contribution in [3.05, 3.63) is 11.6 Å². The van der Waals surface area contributed by atoms with Gasteiger partial charge in [-0.1, -0.05) is 0 Å². The van der Waals surface area contributed by atoms with Gasteiger partial charge >= 0.3 is 0 Å². The molecule has 2 fully saturated rings. The molecule has 0 amide bonds. The lowest BCUT2D eigenvalue weighted by atomic mass is 10.8. The third kappa shape index (κ3) is 1.90. The molecule has 0 heterocycles. The predicted molar refractivity (Wildman–Crippen MR) is 65.0 cm³/mol. The second-order valence-electron chi connectivity index (χ2n) is 4.74. The largest absolute Gasteiger partial charge is 0.374 e. The van der Waals surface area contributed by atoms with Crippen molar-refractivity contribution in [1.82, 2.24) is 4.90 Å². The second kappa shape index (κ2) is 3.79. The molecule has 0 bridgehead atoms. The van der Waals surface area contributed by atoms with Crippen molar-refractivity contribution >= 4 is 13.9 Å². The summed E-state index contributed by atoms with van der Waals surface area (Å²) >= 11 is 0. The van der Waals surface area contributed by atoms with Gasteiger partial charge in [-0.05, 0) is 32.4 Å². The molecule has 2 rings (SSSR count). The number of nitrogens with zero attached hydrogens (tertiary/aromatic N) is 2. The summed E-state index contributed by atoms with van der Waals surface area (Å²) in [5, 5.41) is 0. The highest BCUT2D eigenvalue weighted by Crippen LogP contribution is 2.74. The van der Waals surface area contributed by atoms with Crippen molar-refractivity contribution in [2.45, 2.75) is 37.0 Å². The lowest BCUT2D eigenvalue weighted by molar-refractivity contribution is 0.517. The Morgan fingerprint density at radius 1 is 1.33 bits per heavy atom. The smallest absolute Gasteiger partial charge is 0.138 e. The van der Waals surface area contributed by atoms with Crippen LogP contribution in [0.1, 0.15) is 25.7 Å². The van der Waals surface area contributed by atoms with Crippen molar-refractivity contribution in [3.63, 3.8) is 0 Å². The van der Waals surface area contributed by atoms with Crippen LogP contribution in [-0.4, -0.2) is 37.0 Å². The fraction of sp³-hybridized carbons (Fsp3) is 0.727. The van der Waals surface area contributed by atoms with Crippen LogP contribution in [0.5, 0.6) is 0 Å². The monoisotopic (exact) mass is 226 g/mol. The maximum Gasteiger partial charge on any atom is 0.138 e. The first kappa shape index (κ1) is 10.9. The van der Waals surface area contributed by atoms with Crippen LogP contribution < -0.4 is 0 Å². The first-order valence-electron chi connectivity index (χ1n) is 5.54. The van der Waals surface area contributed by atoms with Gasteiger partial charge in [0.15, 0.2) is 0 Å². The summed E-state index contributed by atoms with van der Waals surface area (Å²) in [6.07, 6.45) is 6.25. The van der Waals surface area contributed by atoms with Crippen LogP contribution in [-0.2, 0) is 4.57 Å². The van der Waals surface area contributed by atoms with E-state index in [2.05, 4.69) is 11.7 Å². The van der Waals surface area contributed by atoms with Gasteiger partial charge in [0.05, 0.1) is 11.6 Å². The maximum atomic E-state index is 13.1. The summed E-state index contributed by atoms with van der Waals surface area (Å²) in [6, 6.07) is 0. The van der Waals surface area contributed by atoms with E-state index in [0.29, 0.717) is 11.3 Å². The quantitative estimate of drug-likeness (QED) is 0.533. The molecule has 0 saturated heterocycles. The molecule has 2 saturated carbocycles. The zero-order valence-corrected chi connectivity index (χ0v) is 10.4. The zero-order valence-electron chi connectivity index (χ0n) is 9.52. The first-order valence-corrected chi connectivity index (χ1v) is 7.38. The number of rotatable bonds is 5. The highest BCUT2D eigenvalue weighted by atomic mass is 31.2. The van der Waals surface area contributed by atoms with E-state index >= 15 is 0 Å². The molecule has 2 aliphatic carbocycles. The zero-order chi connectivity index (χ0) is 11.1. The van der Waals surface area contributed by atoms with Crippen molar-refractivity contribution < 1.29 is 4.57 Å². The van der Waals surface area contributed by atoms with Gasteiger partial charge in [0, 0.05) is 25.4 Å². The van der Waals surface area contributed by atoms with E-state index in [1.165, 1.54) is 0 Å². The highest BCUT2D eigenvalue weighted by Gasteiger charge is 2.53. The molecule has 0 N–H and O–H groups in total. The maximum absolute atomic E-state index is 13.1. The van der Waals surface area contributed by atoms with Crippen LogP contribution in [0.25, 0.3) is 0 Å². The van der Waals surface area contributed by atoms with Gasteiger partial charge in [0.1, 0.15) is 7.14 Å². The Balaban J connectivity index is 2.33. The molecule has 0 unspecified atom stereocenters. The summed E-state index contributed by atoms with van der Waals surface area (Å²) in [4.78, 5) is 5.78. The Morgan fingerprint density at radius 3 is 2.07 bits per heavy atom. The van der Waals surface area contributed by atoms with E-state index < -0.39 is 7.14 Å². The molecule has 0 aliphatic heterocycles. The molecule has 2 aliphatic rings. The third-order valence-corrected chi connectivity index (χ3v) is 7.64. The van der Waals surface area contributed by atoms with Crippen LogP contribution in [0.2, 0.25) is 0 Å². The minimum absolute atomic E-state index is 0.445. The van der Waals surface area contributed by atoms with E-state index in [-0.39, 0.29) is 0 Å². The molecule has 15 heavy (non-hydrogen) atoms. The Bertz CT molecular complexity index is 324. The molecule has 3 nitrogen and oxygen atoms in total. The van der Waals surface area contributed by atoms with E-state index in [0.717, 1.165) is 31.1 Å². The SMILES string of the molecule is C=N/C=C(\N(C)C)P(=O)(C1CC1)C1CC1. The minimum atomic E-state index is -2.17. The fourth-order valence-corrected chi connectivity index (χ4v) is 6.25. The summed E-state index contributed by atoms with van der Waals surface area (Å²) in [6.45, 7) is 3.48. The summed E-state index contributed by atoms with van der Waals surface area (Å²) in [5.74, 6) is 0. The molecule has 0 spiro atoms. The van der Waals surface area contributed by atoms with Crippen LogP contribution in [0.4, 0.5) is 0 Å². The molecular weight excluding hydrogens is 207 g/mol. The Hall–Kier alpha value is -0.560. The van der Waals surface area contributed by atoms with Gasteiger partial charge in [-0.25, -0.2) is 0 Å². The van der Waals surface area contributed by atoms with Gasteiger partial charge in [-0.15, -0.1) is 0 Å². The molecule has 0 aromatic rings. The van der Waals surface area contributed by atoms with E-state index in [1.54, 1.807) is 6.20 Å². The Kier molecular flexibility index (Phi) is 2.76. The first-order chi connectivity index (χ1) is 7.10. The second-order valence-corrected chi connectivity index (χ2v) is 8.07. The lowest BCUT2D eigenvalue weighted by Gasteiger charge is -2.26. The number of hydrogen-bond acceptors (Lipinski definition) is 3. The number of aliphatic imine (C=N–C) groups is 1. The van der Waals surface area contributed by atoms with Crippen LogP contribution in [0.15, 0.2) is 16.6 Å². The van der Waals surface area contributed by atoms with Gasteiger partial charge in [-0.2, -0.15) is 0 Å². The van der Waals surface area contributed by atoms with Crippen molar-refractivity contribution in [2.75, 3.05) is 14.1 Å². The van der Waals surface area contributed by atoms with Gasteiger partial charge < -0.3 is 9.46 Å². The third-order valence-electron chi connectivity index (χ3n) is 3.20. The molecule has 4 heteroatoms. The molecule has 0 aromatic heterocycles. The topological polar surface area (TPSA) is 32.7 Å². The van der Waals surface area contributed by atoms with E-state index in [9.17, 15) is 4.57 Å². The van der Waals surface area contributed by atoms with E-state index in [4.69, 9.17) is 0 Å². The minimum Gasteiger partial charge on any atom is -0.374 e. The highest BCUT2D eigenvalue weighted by molar-refractivity contribution is 7.70. The normalized spacial score (nSPS) is 22.7. The van der Waals surface area contributed by atoms with Crippen LogP contribution >= 0.6 is 7.14 Å². The summed E-state index contributed by atoms with van der Waals surface area (Å²) < 4.78 is 13.1. The molecule has 84 valence electrons. The van der Waals surface area contributed by atoms with Gasteiger partial charge in [0.2, 0.25) is 0 Å². The van der Waals surface area contributed by atoms with Crippen molar-refractivity contribution in [2.24, 2.45) is 4.99 Å². The lowest BCUT2D eigenvalue weighted by Crippen LogP contribution is -2.15. The van der Waals surface area contributed by atoms with Crippen LogP contribution in [0.3, 0.4) is 0 Å². The summed E-state index contributed by atoms with van der Waals surface area (Å²) in [5.41, 5.74) is 1.82. The van der Waals surface area contributed by atoms with Crippen LogP contribution in [0, 0.1) is 0 Å². The summed E-state index contributed by atoms with van der Waals surface area (Å²) in [7, 11) is 1.74. The van der Waals surface area contributed by atoms with E-state index in [1.807, 2.05) is 19.0 Å². The molecule has 0 atom stereocenters. The number of hydrogen-bond donors (Lipinski definition) is 0. The average Bonchev–Trinajstić information content (AvgIpc) is 3.06. The Labute approximate surface area is 91.6 Å².